The maximum Gasteiger partial charge on any atom is 0.412 e. The van der Waals surface area contributed by atoms with Gasteiger partial charge in [-0.1, -0.05) is 26.0 Å². The molecule has 2 rings (SSSR count). The number of nitrogens with one attached hydrogen (secondary N) is 1. The molecule has 0 aromatic heterocycles. The molecule has 0 radical (unpaired) electrons. The lowest BCUT2D eigenvalue weighted by molar-refractivity contribution is -0.135. The molecule has 0 fully saturated rings. The fraction of sp³-hybridized carbons (Fsp3) is 0.385. The normalized spacial score (nSPS) is 12.2. The van der Waals surface area contributed by atoms with E-state index in [0.717, 1.165) is 11.1 Å². The summed E-state index contributed by atoms with van der Waals surface area (Å²) in [7, 11) is 1.42. The first-order valence-electron chi connectivity index (χ1n) is 12.0. The average Bonchev–Trinajstić information content (AvgIpc) is 2.90. The predicted octanol–water partition coefficient (Wildman–Crippen LogP) is 1.05. The Morgan fingerprint density at radius 1 is 0.658 bits per heavy atom. The van der Waals surface area contributed by atoms with Gasteiger partial charge < -0.3 is 41.5 Å². The molecule has 0 saturated heterocycles. The van der Waals surface area contributed by atoms with Crippen LogP contribution in [0.25, 0.3) is 0 Å². The Hall–Kier alpha value is -4.00. The van der Waals surface area contributed by atoms with E-state index in [9.17, 15) is 19.2 Å². The molecule has 0 spiro atoms. The Labute approximate surface area is 220 Å². The number of rotatable bonds is 12. The van der Waals surface area contributed by atoms with Gasteiger partial charge in [0.05, 0.1) is 19.6 Å². The second kappa shape index (κ2) is 14.7. The molecule has 1 amide bonds. The van der Waals surface area contributed by atoms with Gasteiger partial charge in [-0.05, 0) is 60.1 Å². The van der Waals surface area contributed by atoms with Crippen molar-refractivity contribution in [1.82, 2.24) is 5.32 Å². The molecule has 2 aromatic rings. The summed E-state index contributed by atoms with van der Waals surface area (Å²) in [4.78, 5) is 46.8. The Balaban J connectivity index is 2.18. The molecular weight excluding hydrogens is 496 g/mol. The molecule has 0 bridgehead atoms. The van der Waals surface area contributed by atoms with Crippen molar-refractivity contribution in [3.63, 3.8) is 0 Å². The highest BCUT2D eigenvalue weighted by atomic mass is 16.6. The highest BCUT2D eigenvalue weighted by Gasteiger charge is 2.19. The van der Waals surface area contributed by atoms with Crippen molar-refractivity contribution < 1.29 is 38.1 Å². The van der Waals surface area contributed by atoms with Crippen LogP contribution in [-0.4, -0.2) is 50.7 Å². The van der Waals surface area contributed by atoms with E-state index < -0.39 is 24.0 Å². The number of nitrogens with two attached hydrogens (primary N) is 3. The molecule has 0 saturated carbocycles. The number of hydrogen-bond donors (Lipinski definition) is 4. The minimum atomic E-state index is -0.708. The molecule has 206 valence electrons. The Morgan fingerprint density at radius 2 is 1.03 bits per heavy atom. The third-order valence-corrected chi connectivity index (χ3v) is 5.68. The zero-order chi connectivity index (χ0) is 28.2. The van der Waals surface area contributed by atoms with Crippen molar-refractivity contribution in [3.05, 3.63) is 47.5 Å². The van der Waals surface area contributed by atoms with E-state index >= 15 is 0 Å². The molecule has 2 atom stereocenters. The van der Waals surface area contributed by atoms with Crippen LogP contribution < -0.4 is 41.5 Å². The summed E-state index contributed by atoms with van der Waals surface area (Å²) < 4.78 is 20.8. The first-order valence-corrected chi connectivity index (χ1v) is 12.0. The van der Waals surface area contributed by atoms with Crippen molar-refractivity contribution in [3.8, 4) is 23.0 Å². The number of ether oxygens (including phenoxy) is 4. The van der Waals surface area contributed by atoms with Gasteiger partial charge in [0.15, 0.2) is 23.0 Å². The summed E-state index contributed by atoms with van der Waals surface area (Å²) in [6, 6.07) is 9.93. The number of carbonyl (C=O) groups excluding carboxylic acids is 4. The van der Waals surface area contributed by atoms with Crippen LogP contribution in [0.15, 0.2) is 36.4 Å². The number of hydrogen-bond acceptors (Lipinski definition) is 11. The highest BCUT2D eigenvalue weighted by Crippen LogP contribution is 2.33. The number of benzene rings is 2. The summed E-state index contributed by atoms with van der Waals surface area (Å²) in [5.74, 6) is -1.36. The molecule has 0 aliphatic heterocycles. The minimum Gasteiger partial charge on any atom is -0.422 e. The van der Waals surface area contributed by atoms with Crippen LogP contribution in [0.2, 0.25) is 0 Å². The van der Waals surface area contributed by atoms with Gasteiger partial charge >= 0.3 is 24.0 Å². The largest absolute Gasteiger partial charge is 0.422 e. The molecule has 12 nitrogen and oxygen atoms in total. The zero-order valence-electron chi connectivity index (χ0n) is 21.7. The van der Waals surface area contributed by atoms with Crippen LogP contribution in [-0.2, 0) is 27.2 Å². The monoisotopic (exact) mass is 530 g/mol. The van der Waals surface area contributed by atoms with Crippen LogP contribution in [0.4, 0.5) is 4.79 Å². The van der Waals surface area contributed by atoms with Crippen LogP contribution in [0.1, 0.15) is 25.0 Å². The number of amides is 1. The standard InChI is InChI=1S/C26H34N4O8/c1-15(8-17-4-6-19(35-23(31)12-27)21(10-17)37-25(33)14-29)16(2)9-18-5-7-20(36-24(32)13-28)22(11-18)38-26(34)30-3/h4-7,10-11,15-16H,8-9,12-14,27-29H2,1-3H3,(H,30,34). The molecule has 2 unspecified atom stereocenters. The minimum absolute atomic E-state index is 0.0748. The SMILES string of the molecule is CNC(=O)Oc1cc(CC(C)C(C)Cc2ccc(OC(=O)CN)c(OC(=O)CN)c2)ccc1OC(=O)CN. The molecule has 38 heavy (non-hydrogen) atoms. The number of carbonyl (C=O) groups is 4. The zero-order valence-corrected chi connectivity index (χ0v) is 21.7. The van der Waals surface area contributed by atoms with Crippen molar-refractivity contribution in [2.75, 3.05) is 26.7 Å². The van der Waals surface area contributed by atoms with Gasteiger partial charge in [-0.2, -0.15) is 0 Å². The maximum absolute atomic E-state index is 11.8. The van der Waals surface area contributed by atoms with Crippen LogP contribution in [0, 0.1) is 11.8 Å². The molecule has 2 aromatic carbocycles. The summed E-state index contributed by atoms with van der Waals surface area (Å²) >= 11 is 0. The summed E-state index contributed by atoms with van der Waals surface area (Å²) in [5.41, 5.74) is 17.7. The van der Waals surface area contributed by atoms with Gasteiger partial charge in [-0.15, -0.1) is 0 Å². The van der Waals surface area contributed by atoms with Crippen LogP contribution >= 0.6 is 0 Å². The molecule has 0 aliphatic rings. The first kappa shape index (κ1) is 30.2. The predicted molar refractivity (Wildman–Crippen MR) is 138 cm³/mol. The smallest absolute Gasteiger partial charge is 0.412 e. The fourth-order valence-electron chi connectivity index (χ4n) is 3.48. The quantitative estimate of drug-likeness (QED) is 0.226. The Morgan fingerprint density at radius 3 is 1.39 bits per heavy atom. The van der Waals surface area contributed by atoms with Crippen molar-refractivity contribution in [2.24, 2.45) is 29.0 Å². The third-order valence-electron chi connectivity index (χ3n) is 5.68. The van der Waals surface area contributed by atoms with Crippen molar-refractivity contribution in [2.45, 2.75) is 26.7 Å². The van der Waals surface area contributed by atoms with Crippen molar-refractivity contribution >= 4 is 24.0 Å². The first-order chi connectivity index (χ1) is 18.1. The second-order valence-electron chi connectivity index (χ2n) is 8.60. The van der Waals surface area contributed by atoms with Gasteiger partial charge in [0.2, 0.25) is 0 Å². The lowest BCUT2D eigenvalue weighted by Crippen LogP contribution is -2.24. The van der Waals surface area contributed by atoms with Gasteiger partial charge in [0.1, 0.15) is 0 Å². The Bertz CT molecular complexity index is 1060. The average molecular weight is 531 g/mol. The van der Waals surface area contributed by atoms with Crippen LogP contribution in [0.5, 0.6) is 23.0 Å². The topological polar surface area (TPSA) is 195 Å². The number of esters is 3. The van der Waals surface area contributed by atoms with Crippen LogP contribution in [0.3, 0.4) is 0 Å². The molecular formula is C26H34N4O8. The van der Waals surface area contributed by atoms with E-state index in [4.69, 9.17) is 36.1 Å². The molecule has 12 heteroatoms. The van der Waals surface area contributed by atoms with E-state index in [1.54, 1.807) is 36.4 Å². The van der Waals surface area contributed by atoms with Gasteiger partial charge in [-0.25, -0.2) is 4.79 Å². The van der Waals surface area contributed by atoms with E-state index in [1.807, 2.05) is 0 Å². The second-order valence-corrected chi connectivity index (χ2v) is 8.60. The van der Waals surface area contributed by atoms with Gasteiger partial charge in [-0.3, -0.25) is 14.4 Å². The lowest BCUT2D eigenvalue weighted by Gasteiger charge is -2.21. The Kier molecular flexibility index (Phi) is 11.7. The fourth-order valence-corrected chi connectivity index (χ4v) is 3.48. The summed E-state index contributed by atoms with van der Waals surface area (Å²) in [6.07, 6.45) is 0.533. The van der Waals surface area contributed by atoms with E-state index in [0.29, 0.717) is 12.8 Å². The molecule has 7 N–H and O–H groups in total. The summed E-state index contributed by atoms with van der Waals surface area (Å²) in [5, 5.41) is 2.35. The third kappa shape index (κ3) is 9.14. The van der Waals surface area contributed by atoms with E-state index in [2.05, 4.69) is 19.2 Å². The maximum atomic E-state index is 11.8. The van der Waals surface area contributed by atoms with Gasteiger partial charge in [0, 0.05) is 7.05 Å². The highest BCUT2D eigenvalue weighted by molar-refractivity contribution is 5.78. The summed E-state index contributed by atoms with van der Waals surface area (Å²) in [6.45, 7) is 3.15. The van der Waals surface area contributed by atoms with E-state index in [1.165, 1.54) is 7.05 Å². The lowest BCUT2D eigenvalue weighted by atomic mass is 9.85. The molecule has 0 aliphatic carbocycles. The molecule has 0 heterocycles. The van der Waals surface area contributed by atoms with Crippen molar-refractivity contribution in [1.29, 1.82) is 0 Å². The van der Waals surface area contributed by atoms with E-state index in [-0.39, 0.29) is 54.5 Å². The van der Waals surface area contributed by atoms with Gasteiger partial charge in [0.25, 0.3) is 0 Å².